The van der Waals surface area contributed by atoms with Gasteiger partial charge in [-0.1, -0.05) is 18.9 Å². The number of aliphatic imine (C=N–C) groups is 1. The van der Waals surface area contributed by atoms with E-state index in [1.165, 1.54) is 35.4 Å². The molecular weight excluding hydrogens is 434 g/mol. The fourth-order valence-electron chi connectivity index (χ4n) is 4.06. The molecule has 0 fully saturated rings. The van der Waals surface area contributed by atoms with E-state index in [1.54, 1.807) is 29.7 Å². The van der Waals surface area contributed by atoms with Gasteiger partial charge in [-0.15, -0.1) is 11.3 Å². The summed E-state index contributed by atoms with van der Waals surface area (Å²) in [4.78, 5) is 29.8. The number of hydrogen-bond acceptors (Lipinski definition) is 5. The number of benzene rings is 2. The Morgan fingerprint density at radius 1 is 1.03 bits per heavy atom. The molecule has 0 radical (unpaired) electrons. The van der Waals surface area contributed by atoms with Gasteiger partial charge in [-0.2, -0.15) is 0 Å². The average Bonchev–Trinajstić information content (AvgIpc) is 3.11. The summed E-state index contributed by atoms with van der Waals surface area (Å²) >= 11 is 1.59. The molecule has 0 atom stereocenters. The Morgan fingerprint density at radius 3 is 2.45 bits per heavy atom. The Hall–Kier alpha value is -3.32. The Balaban J connectivity index is 1.68. The predicted octanol–water partition coefficient (Wildman–Crippen LogP) is 6.94. The number of non-ortho nitro benzene ring substituents is 1. The number of carbonyl (C=O) groups is 1. The van der Waals surface area contributed by atoms with E-state index in [0.717, 1.165) is 48.1 Å². The number of nitro groups is 1. The molecule has 0 unspecified atom stereocenters. The highest BCUT2D eigenvalue weighted by Gasteiger charge is 2.24. The van der Waals surface area contributed by atoms with E-state index in [1.807, 2.05) is 32.0 Å². The van der Waals surface area contributed by atoms with Crippen molar-refractivity contribution in [3.05, 3.63) is 85.3 Å². The molecule has 0 aliphatic heterocycles. The molecule has 3 aromatic rings. The quantitative estimate of drug-likeness (QED) is 0.254. The van der Waals surface area contributed by atoms with E-state index in [9.17, 15) is 14.9 Å². The minimum Gasteiger partial charge on any atom is -0.322 e. The van der Waals surface area contributed by atoms with Crippen molar-refractivity contribution in [2.24, 2.45) is 4.99 Å². The SMILES string of the molecule is Cc1ccc(NC(=O)c2c(N=Cc3ccc([N+](=O)[O-])cc3)sc3c2CCCCCC3)cc1C. The number of nitrogens with one attached hydrogen (secondary N) is 1. The smallest absolute Gasteiger partial charge is 0.269 e. The number of rotatable bonds is 5. The summed E-state index contributed by atoms with van der Waals surface area (Å²) in [5, 5.41) is 14.7. The fourth-order valence-corrected chi connectivity index (χ4v) is 5.29. The summed E-state index contributed by atoms with van der Waals surface area (Å²) in [7, 11) is 0. The molecule has 6 nitrogen and oxygen atoms in total. The van der Waals surface area contributed by atoms with Gasteiger partial charge >= 0.3 is 0 Å². The summed E-state index contributed by atoms with van der Waals surface area (Å²) < 4.78 is 0. The lowest BCUT2D eigenvalue weighted by Gasteiger charge is -2.12. The van der Waals surface area contributed by atoms with Crippen LogP contribution < -0.4 is 5.32 Å². The Kier molecular flexibility index (Phi) is 6.99. The number of anilines is 1. The van der Waals surface area contributed by atoms with Crippen molar-refractivity contribution in [1.82, 2.24) is 0 Å². The molecule has 0 saturated heterocycles. The van der Waals surface area contributed by atoms with Crippen molar-refractivity contribution in [2.75, 3.05) is 5.32 Å². The largest absolute Gasteiger partial charge is 0.322 e. The second kappa shape index (κ2) is 10.1. The highest BCUT2D eigenvalue weighted by molar-refractivity contribution is 7.16. The molecule has 0 saturated carbocycles. The van der Waals surface area contributed by atoms with Crippen LogP contribution in [0.1, 0.15) is 63.2 Å². The second-order valence-electron chi connectivity index (χ2n) is 8.46. The summed E-state index contributed by atoms with van der Waals surface area (Å²) in [6, 6.07) is 12.2. The maximum Gasteiger partial charge on any atom is 0.269 e. The third kappa shape index (κ3) is 5.37. The molecule has 170 valence electrons. The first-order valence-corrected chi connectivity index (χ1v) is 12.1. The van der Waals surface area contributed by atoms with E-state index in [-0.39, 0.29) is 11.6 Å². The summed E-state index contributed by atoms with van der Waals surface area (Å²) in [6.07, 6.45) is 8.11. The van der Waals surface area contributed by atoms with E-state index in [4.69, 9.17) is 0 Å². The van der Waals surface area contributed by atoms with E-state index >= 15 is 0 Å². The van der Waals surface area contributed by atoms with Gasteiger partial charge in [0.15, 0.2) is 0 Å². The van der Waals surface area contributed by atoms with Crippen LogP contribution in [0.2, 0.25) is 0 Å². The van der Waals surface area contributed by atoms with Crippen LogP contribution in [-0.4, -0.2) is 17.0 Å². The highest BCUT2D eigenvalue weighted by atomic mass is 32.1. The van der Waals surface area contributed by atoms with Crippen LogP contribution in [-0.2, 0) is 12.8 Å². The second-order valence-corrected chi connectivity index (χ2v) is 9.54. The third-order valence-corrected chi connectivity index (χ3v) is 7.28. The zero-order chi connectivity index (χ0) is 23.4. The standard InChI is InChI=1S/C26H27N3O3S/c1-17-9-12-20(15-18(17)2)28-25(30)24-22-7-5-3-4-6-8-23(22)33-26(24)27-16-19-10-13-21(14-11-19)29(31)32/h9-16H,3-8H2,1-2H3,(H,28,30). The van der Waals surface area contributed by atoms with E-state index < -0.39 is 4.92 Å². The first-order chi connectivity index (χ1) is 15.9. The van der Waals surface area contributed by atoms with Crippen molar-refractivity contribution >= 4 is 39.8 Å². The van der Waals surface area contributed by atoms with E-state index in [0.29, 0.717) is 10.6 Å². The molecule has 1 amide bonds. The van der Waals surface area contributed by atoms with Gasteiger partial charge in [-0.05, 0) is 86.1 Å². The average molecular weight is 462 g/mol. The van der Waals surface area contributed by atoms with Crippen LogP contribution >= 0.6 is 11.3 Å². The zero-order valence-corrected chi connectivity index (χ0v) is 19.7. The number of thiophene rings is 1. The van der Waals surface area contributed by atoms with Gasteiger partial charge in [0.2, 0.25) is 0 Å². The number of carbonyl (C=O) groups excluding carboxylic acids is 1. The lowest BCUT2D eigenvalue weighted by molar-refractivity contribution is -0.384. The number of amides is 1. The Bertz CT molecular complexity index is 1210. The molecule has 1 aliphatic rings. The molecule has 33 heavy (non-hydrogen) atoms. The highest BCUT2D eigenvalue weighted by Crippen LogP contribution is 2.39. The van der Waals surface area contributed by atoms with Crippen LogP contribution in [0.4, 0.5) is 16.4 Å². The molecular formula is C26H27N3O3S. The van der Waals surface area contributed by atoms with Gasteiger partial charge in [0.1, 0.15) is 5.00 Å². The van der Waals surface area contributed by atoms with E-state index in [2.05, 4.69) is 10.3 Å². The summed E-state index contributed by atoms with van der Waals surface area (Å²) in [5.41, 5.74) is 5.66. The van der Waals surface area contributed by atoms with Gasteiger partial charge < -0.3 is 5.32 Å². The van der Waals surface area contributed by atoms with Crippen molar-refractivity contribution in [2.45, 2.75) is 52.4 Å². The molecule has 2 aromatic carbocycles. The lowest BCUT2D eigenvalue weighted by Crippen LogP contribution is -2.14. The van der Waals surface area contributed by atoms with Crippen LogP contribution in [0.15, 0.2) is 47.5 Å². The maximum atomic E-state index is 13.4. The van der Waals surface area contributed by atoms with Gasteiger partial charge in [0.05, 0.1) is 10.5 Å². The molecule has 1 heterocycles. The van der Waals surface area contributed by atoms with Gasteiger partial charge in [0, 0.05) is 28.9 Å². The molecule has 0 bridgehead atoms. The van der Waals surface area contributed by atoms with Crippen molar-refractivity contribution in [1.29, 1.82) is 0 Å². The molecule has 0 spiro atoms. The van der Waals surface area contributed by atoms with Crippen molar-refractivity contribution in [3.63, 3.8) is 0 Å². The van der Waals surface area contributed by atoms with Gasteiger partial charge in [0.25, 0.3) is 11.6 Å². The Labute approximate surface area is 197 Å². The number of fused-ring (bicyclic) bond motifs is 1. The minimum atomic E-state index is -0.421. The number of nitro benzene ring substituents is 1. The summed E-state index contributed by atoms with van der Waals surface area (Å²) in [5.74, 6) is -0.132. The number of hydrogen-bond donors (Lipinski definition) is 1. The van der Waals surface area contributed by atoms with Crippen LogP contribution in [0.25, 0.3) is 0 Å². The molecule has 1 aliphatic carbocycles. The van der Waals surface area contributed by atoms with Crippen LogP contribution in [0, 0.1) is 24.0 Å². The summed E-state index contributed by atoms with van der Waals surface area (Å²) in [6.45, 7) is 4.08. The molecule has 1 N–H and O–H groups in total. The fraction of sp³-hybridized carbons (Fsp3) is 0.308. The molecule has 1 aromatic heterocycles. The predicted molar refractivity (Wildman–Crippen MR) is 134 cm³/mol. The monoisotopic (exact) mass is 461 g/mol. The Morgan fingerprint density at radius 2 is 1.76 bits per heavy atom. The van der Waals surface area contributed by atoms with Crippen LogP contribution in [0.3, 0.4) is 0 Å². The van der Waals surface area contributed by atoms with Gasteiger partial charge in [-0.25, -0.2) is 4.99 Å². The molecule has 7 heteroatoms. The minimum absolute atomic E-state index is 0.0414. The third-order valence-electron chi connectivity index (χ3n) is 6.08. The first kappa shape index (κ1) is 22.9. The van der Waals surface area contributed by atoms with Crippen molar-refractivity contribution < 1.29 is 9.72 Å². The van der Waals surface area contributed by atoms with Crippen LogP contribution in [0.5, 0.6) is 0 Å². The topological polar surface area (TPSA) is 84.6 Å². The van der Waals surface area contributed by atoms with Gasteiger partial charge in [-0.3, -0.25) is 14.9 Å². The lowest BCUT2D eigenvalue weighted by atomic mass is 9.96. The zero-order valence-electron chi connectivity index (χ0n) is 18.9. The normalized spacial score (nSPS) is 13.9. The molecule has 4 rings (SSSR count). The maximum absolute atomic E-state index is 13.4. The number of aryl methyl sites for hydroxylation is 3. The van der Waals surface area contributed by atoms with Crippen molar-refractivity contribution in [3.8, 4) is 0 Å². The number of nitrogens with zero attached hydrogens (tertiary/aromatic N) is 2. The first-order valence-electron chi connectivity index (χ1n) is 11.2.